The molecule has 5 heteroatoms. The van der Waals surface area contributed by atoms with Crippen molar-refractivity contribution >= 4 is 17.6 Å². The molecular formula is C19H28ClNO3. The predicted molar refractivity (Wildman–Crippen MR) is 96.4 cm³/mol. The van der Waals surface area contributed by atoms with Gasteiger partial charge in [0.05, 0.1) is 18.6 Å². The average Bonchev–Trinajstić information content (AvgIpc) is 2.58. The van der Waals surface area contributed by atoms with Gasteiger partial charge in [-0.2, -0.15) is 0 Å². The fourth-order valence-corrected chi connectivity index (χ4v) is 3.60. The lowest BCUT2D eigenvalue weighted by atomic mass is 9.73. The number of nitrogens with zero attached hydrogens (tertiary/aromatic N) is 1. The summed E-state index contributed by atoms with van der Waals surface area (Å²) in [7, 11) is 1.73. The van der Waals surface area contributed by atoms with Crippen LogP contribution in [0.4, 0.5) is 0 Å². The number of carbonyl (C=O) groups excluding carboxylic acids is 1. The van der Waals surface area contributed by atoms with E-state index in [0.29, 0.717) is 30.7 Å². The van der Waals surface area contributed by atoms with Gasteiger partial charge < -0.3 is 9.47 Å². The van der Waals surface area contributed by atoms with Crippen LogP contribution >= 0.6 is 11.6 Å². The van der Waals surface area contributed by atoms with Crippen LogP contribution in [0.15, 0.2) is 24.3 Å². The molecule has 0 aromatic heterocycles. The first-order valence-corrected chi connectivity index (χ1v) is 9.03. The molecule has 1 fully saturated rings. The normalized spacial score (nSPS) is 19.0. The van der Waals surface area contributed by atoms with Gasteiger partial charge in [-0.05, 0) is 63.9 Å². The number of hydrogen-bond acceptors (Lipinski definition) is 4. The molecule has 0 spiro atoms. The number of hydrogen-bond donors (Lipinski definition) is 0. The van der Waals surface area contributed by atoms with E-state index >= 15 is 0 Å². The highest BCUT2D eigenvalue weighted by atomic mass is 35.5. The minimum absolute atomic E-state index is 0.0704. The molecule has 1 atom stereocenters. The number of methoxy groups -OCH3 is 1. The van der Waals surface area contributed by atoms with Crippen LogP contribution in [0.5, 0.6) is 0 Å². The average molecular weight is 354 g/mol. The highest BCUT2D eigenvalue weighted by Gasteiger charge is 2.43. The topological polar surface area (TPSA) is 38.8 Å². The SMILES string of the molecule is CCOC(=O)C1(Cc2ccc(Cl)cc2)CCN(C(C)COC)CC1. The molecule has 1 aromatic carbocycles. The number of rotatable bonds is 7. The largest absolute Gasteiger partial charge is 0.466 e. The molecule has 1 aliphatic rings. The van der Waals surface area contributed by atoms with E-state index in [2.05, 4.69) is 11.8 Å². The minimum Gasteiger partial charge on any atom is -0.466 e. The van der Waals surface area contributed by atoms with Crippen molar-refractivity contribution in [3.05, 3.63) is 34.9 Å². The van der Waals surface area contributed by atoms with Gasteiger partial charge in [0.2, 0.25) is 0 Å². The predicted octanol–water partition coefficient (Wildman–Crippen LogP) is 3.56. The number of piperidine rings is 1. The second kappa shape index (κ2) is 8.84. The summed E-state index contributed by atoms with van der Waals surface area (Å²) >= 11 is 5.97. The zero-order valence-electron chi connectivity index (χ0n) is 14.9. The molecule has 1 saturated heterocycles. The third-order valence-electron chi connectivity index (χ3n) is 4.95. The fourth-order valence-electron chi connectivity index (χ4n) is 3.47. The number of esters is 1. The van der Waals surface area contributed by atoms with Gasteiger partial charge >= 0.3 is 5.97 Å². The third kappa shape index (κ3) is 4.71. The van der Waals surface area contributed by atoms with Gasteiger partial charge in [0.25, 0.3) is 0 Å². The van der Waals surface area contributed by atoms with Crippen LogP contribution in [-0.4, -0.2) is 50.3 Å². The van der Waals surface area contributed by atoms with Crippen LogP contribution in [-0.2, 0) is 20.7 Å². The summed E-state index contributed by atoms with van der Waals surface area (Å²) < 4.78 is 10.7. The van der Waals surface area contributed by atoms with Crippen molar-refractivity contribution in [1.29, 1.82) is 0 Å². The van der Waals surface area contributed by atoms with Crippen molar-refractivity contribution in [2.24, 2.45) is 5.41 Å². The summed E-state index contributed by atoms with van der Waals surface area (Å²) in [5, 5.41) is 0.715. The Labute approximate surface area is 150 Å². The van der Waals surface area contributed by atoms with Gasteiger partial charge in [0.15, 0.2) is 0 Å². The van der Waals surface area contributed by atoms with E-state index in [1.165, 1.54) is 0 Å². The lowest BCUT2D eigenvalue weighted by Crippen LogP contribution is -2.49. The Kier molecular flexibility index (Phi) is 7.08. The molecule has 0 aliphatic carbocycles. The monoisotopic (exact) mass is 353 g/mol. The number of benzene rings is 1. The summed E-state index contributed by atoms with van der Waals surface area (Å²) in [6.07, 6.45) is 2.32. The Morgan fingerprint density at radius 1 is 1.29 bits per heavy atom. The maximum atomic E-state index is 12.7. The molecule has 0 bridgehead atoms. The number of halogens is 1. The Morgan fingerprint density at radius 2 is 1.92 bits per heavy atom. The van der Waals surface area contributed by atoms with Crippen molar-refractivity contribution < 1.29 is 14.3 Å². The Bertz CT molecular complexity index is 524. The van der Waals surface area contributed by atoms with Crippen molar-refractivity contribution in [2.75, 3.05) is 33.4 Å². The van der Waals surface area contributed by atoms with E-state index in [-0.39, 0.29) is 5.97 Å². The zero-order valence-corrected chi connectivity index (χ0v) is 15.6. The van der Waals surface area contributed by atoms with Gasteiger partial charge in [0.1, 0.15) is 0 Å². The molecule has 134 valence electrons. The molecule has 1 aliphatic heterocycles. The summed E-state index contributed by atoms with van der Waals surface area (Å²) in [6, 6.07) is 8.13. The Hall–Kier alpha value is -1.10. The van der Waals surface area contributed by atoms with Crippen molar-refractivity contribution in [1.82, 2.24) is 4.90 Å². The molecule has 1 unspecified atom stereocenters. The maximum absolute atomic E-state index is 12.7. The lowest BCUT2D eigenvalue weighted by molar-refractivity contribution is -0.159. The maximum Gasteiger partial charge on any atom is 0.312 e. The van der Waals surface area contributed by atoms with Gasteiger partial charge in [-0.15, -0.1) is 0 Å². The quantitative estimate of drug-likeness (QED) is 0.702. The Morgan fingerprint density at radius 3 is 2.46 bits per heavy atom. The molecule has 0 amide bonds. The summed E-state index contributed by atoms with van der Waals surface area (Å²) in [4.78, 5) is 15.1. The molecule has 0 saturated carbocycles. The molecule has 24 heavy (non-hydrogen) atoms. The van der Waals surface area contributed by atoms with E-state index in [1.54, 1.807) is 7.11 Å². The third-order valence-corrected chi connectivity index (χ3v) is 5.20. The number of carbonyl (C=O) groups is 1. The smallest absolute Gasteiger partial charge is 0.312 e. The first-order valence-electron chi connectivity index (χ1n) is 8.65. The lowest BCUT2D eigenvalue weighted by Gasteiger charge is -2.42. The highest BCUT2D eigenvalue weighted by Crippen LogP contribution is 2.37. The van der Waals surface area contributed by atoms with E-state index in [1.807, 2.05) is 31.2 Å². The standard InChI is InChI=1S/C19H28ClNO3/c1-4-24-18(22)19(13-16-5-7-17(20)8-6-16)9-11-21(12-10-19)15(2)14-23-3/h5-8,15H,4,9-14H2,1-3H3. The van der Waals surface area contributed by atoms with Crippen LogP contribution in [0, 0.1) is 5.41 Å². The number of ether oxygens (including phenoxy) is 2. The van der Waals surface area contributed by atoms with Crippen LogP contribution in [0.1, 0.15) is 32.3 Å². The number of likely N-dealkylation sites (tertiary alicyclic amines) is 1. The zero-order chi connectivity index (χ0) is 17.6. The van der Waals surface area contributed by atoms with Crippen molar-refractivity contribution in [2.45, 2.75) is 39.2 Å². The summed E-state index contributed by atoms with van der Waals surface area (Å²) in [5.74, 6) is -0.0704. The first kappa shape index (κ1) is 19.2. The van der Waals surface area contributed by atoms with Gasteiger partial charge in [-0.1, -0.05) is 23.7 Å². The summed E-state index contributed by atoms with van der Waals surface area (Å²) in [6.45, 7) is 6.94. The van der Waals surface area contributed by atoms with E-state index in [9.17, 15) is 4.79 Å². The van der Waals surface area contributed by atoms with Crippen LogP contribution in [0.2, 0.25) is 5.02 Å². The van der Waals surface area contributed by atoms with Crippen LogP contribution in [0.25, 0.3) is 0 Å². The molecule has 0 radical (unpaired) electrons. The second-order valence-electron chi connectivity index (χ2n) is 6.64. The highest BCUT2D eigenvalue weighted by molar-refractivity contribution is 6.30. The molecule has 2 rings (SSSR count). The summed E-state index contributed by atoms with van der Waals surface area (Å²) in [5.41, 5.74) is 0.693. The van der Waals surface area contributed by atoms with E-state index in [4.69, 9.17) is 21.1 Å². The molecule has 1 heterocycles. The van der Waals surface area contributed by atoms with Crippen LogP contribution < -0.4 is 0 Å². The second-order valence-corrected chi connectivity index (χ2v) is 7.08. The van der Waals surface area contributed by atoms with Gasteiger partial charge in [-0.3, -0.25) is 9.69 Å². The van der Waals surface area contributed by atoms with Crippen molar-refractivity contribution in [3.63, 3.8) is 0 Å². The molecule has 4 nitrogen and oxygen atoms in total. The molecule has 1 aromatic rings. The Balaban J connectivity index is 2.11. The van der Waals surface area contributed by atoms with Crippen molar-refractivity contribution in [3.8, 4) is 0 Å². The van der Waals surface area contributed by atoms with Gasteiger partial charge in [0, 0.05) is 18.2 Å². The fraction of sp³-hybridized carbons (Fsp3) is 0.632. The van der Waals surface area contributed by atoms with E-state index in [0.717, 1.165) is 31.5 Å². The first-order chi connectivity index (χ1) is 11.5. The molecule has 0 N–H and O–H groups in total. The van der Waals surface area contributed by atoms with E-state index < -0.39 is 5.41 Å². The minimum atomic E-state index is -0.437. The molecular weight excluding hydrogens is 326 g/mol. The van der Waals surface area contributed by atoms with Gasteiger partial charge in [-0.25, -0.2) is 0 Å². The van der Waals surface area contributed by atoms with Crippen LogP contribution in [0.3, 0.4) is 0 Å².